The number of Topliss-reactive ketones (excluding diaryl/α,β-unsaturated/α-hetero) is 1. The molecule has 1 heterocycles. The molecule has 22 heavy (non-hydrogen) atoms. The Balaban J connectivity index is 2.06. The summed E-state index contributed by atoms with van der Waals surface area (Å²) in [7, 11) is 0. The van der Waals surface area contributed by atoms with Crippen LogP contribution < -0.4 is 4.74 Å². The molecule has 114 valence electrons. The van der Waals surface area contributed by atoms with Crippen molar-refractivity contribution < 1.29 is 19.7 Å². The predicted octanol–water partition coefficient (Wildman–Crippen LogP) is 4.58. The number of fused-ring (bicyclic) bond motifs is 1. The number of hydrogen-bond donors (Lipinski definition) is 2. The van der Waals surface area contributed by atoms with Crippen molar-refractivity contribution in [3.63, 3.8) is 0 Å². The number of hydrogen-bond acceptors (Lipinski definition) is 4. The molecule has 2 N–H and O–H groups in total. The molecular weight excluding hydrogens is 416 g/mol. The molecule has 0 fully saturated rings. The maximum atomic E-state index is 12.5. The molecule has 0 aliphatic carbocycles. The number of phenolic OH excluding ortho intramolecular Hbond substituents is 2. The van der Waals surface area contributed by atoms with Gasteiger partial charge < -0.3 is 14.9 Å². The SMILES string of the molecule is CC1C(=O)c2cc(O)ccc2OC1c1cc(Br)c(O)c(Br)c1. The lowest BCUT2D eigenvalue weighted by atomic mass is 9.87. The Kier molecular flexibility index (Phi) is 3.91. The van der Waals surface area contributed by atoms with Crippen LogP contribution in [0.5, 0.6) is 17.2 Å². The van der Waals surface area contributed by atoms with Gasteiger partial charge in [-0.25, -0.2) is 0 Å². The van der Waals surface area contributed by atoms with Crippen LogP contribution in [0.2, 0.25) is 0 Å². The second-order valence-electron chi connectivity index (χ2n) is 5.20. The zero-order valence-corrected chi connectivity index (χ0v) is 14.7. The minimum absolute atomic E-state index is 0.0384. The van der Waals surface area contributed by atoms with E-state index in [0.29, 0.717) is 20.3 Å². The Morgan fingerprint density at radius 2 is 1.73 bits per heavy atom. The van der Waals surface area contributed by atoms with Gasteiger partial charge in [0.1, 0.15) is 23.4 Å². The number of ketones is 1. The van der Waals surface area contributed by atoms with Crippen LogP contribution in [-0.4, -0.2) is 16.0 Å². The summed E-state index contributed by atoms with van der Waals surface area (Å²) in [5.41, 5.74) is 1.16. The average molecular weight is 428 g/mol. The molecule has 2 unspecified atom stereocenters. The van der Waals surface area contributed by atoms with E-state index in [4.69, 9.17) is 4.74 Å². The molecule has 4 nitrogen and oxygen atoms in total. The third-order valence-corrected chi connectivity index (χ3v) is 4.93. The first kappa shape index (κ1) is 15.4. The highest BCUT2D eigenvalue weighted by Gasteiger charge is 2.35. The van der Waals surface area contributed by atoms with Gasteiger partial charge >= 0.3 is 0 Å². The molecule has 0 saturated heterocycles. The van der Waals surface area contributed by atoms with Crippen molar-refractivity contribution in [3.05, 3.63) is 50.4 Å². The fraction of sp³-hybridized carbons (Fsp3) is 0.188. The van der Waals surface area contributed by atoms with E-state index in [1.807, 2.05) is 0 Å². The molecule has 1 aliphatic heterocycles. The standard InChI is InChI=1S/C16H12Br2O4/c1-7-14(20)10-6-9(19)2-3-13(10)22-16(7)8-4-11(17)15(21)12(18)5-8/h2-7,16,19,21H,1H3. The van der Waals surface area contributed by atoms with E-state index < -0.39 is 12.0 Å². The lowest BCUT2D eigenvalue weighted by Crippen LogP contribution is -2.29. The van der Waals surface area contributed by atoms with Crippen molar-refractivity contribution in [1.82, 2.24) is 0 Å². The number of carbonyl (C=O) groups excluding carboxylic acids is 1. The van der Waals surface area contributed by atoms with Gasteiger partial charge in [-0.2, -0.15) is 0 Å². The highest BCUT2D eigenvalue weighted by Crippen LogP contribution is 2.43. The van der Waals surface area contributed by atoms with E-state index >= 15 is 0 Å². The van der Waals surface area contributed by atoms with E-state index in [2.05, 4.69) is 31.9 Å². The number of rotatable bonds is 1. The Bertz CT molecular complexity index is 750. The van der Waals surface area contributed by atoms with Gasteiger partial charge in [0.25, 0.3) is 0 Å². The fourth-order valence-corrected chi connectivity index (χ4v) is 3.76. The molecule has 0 aromatic heterocycles. The minimum atomic E-state index is -0.460. The quantitative estimate of drug-likeness (QED) is 0.699. The molecule has 1 aliphatic rings. The smallest absolute Gasteiger partial charge is 0.173 e. The molecule has 0 radical (unpaired) electrons. The van der Waals surface area contributed by atoms with Crippen LogP contribution in [0.4, 0.5) is 0 Å². The average Bonchev–Trinajstić information content (AvgIpc) is 2.48. The van der Waals surface area contributed by atoms with Crippen LogP contribution >= 0.6 is 31.9 Å². The van der Waals surface area contributed by atoms with Gasteiger partial charge in [-0.05, 0) is 67.8 Å². The van der Waals surface area contributed by atoms with Crippen molar-refractivity contribution in [2.24, 2.45) is 5.92 Å². The van der Waals surface area contributed by atoms with E-state index in [0.717, 1.165) is 5.56 Å². The largest absolute Gasteiger partial charge is 0.508 e. The lowest BCUT2D eigenvalue weighted by molar-refractivity contribution is 0.0689. The van der Waals surface area contributed by atoms with E-state index in [9.17, 15) is 15.0 Å². The van der Waals surface area contributed by atoms with Gasteiger partial charge in [0.2, 0.25) is 0 Å². The van der Waals surface area contributed by atoms with Gasteiger partial charge in [0, 0.05) is 0 Å². The first-order chi connectivity index (χ1) is 10.4. The molecule has 6 heteroatoms. The minimum Gasteiger partial charge on any atom is -0.508 e. The summed E-state index contributed by atoms with van der Waals surface area (Å²) >= 11 is 6.57. The summed E-state index contributed by atoms with van der Waals surface area (Å²) in [4.78, 5) is 12.5. The van der Waals surface area contributed by atoms with Crippen LogP contribution in [-0.2, 0) is 0 Å². The summed E-state index contributed by atoms with van der Waals surface area (Å²) in [6.07, 6.45) is -0.460. The monoisotopic (exact) mass is 426 g/mol. The number of phenols is 2. The second-order valence-corrected chi connectivity index (χ2v) is 6.91. The second kappa shape index (κ2) is 5.59. The number of benzene rings is 2. The summed E-state index contributed by atoms with van der Waals surface area (Å²) in [6.45, 7) is 1.79. The lowest BCUT2D eigenvalue weighted by Gasteiger charge is -2.31. The molecule has 2 atom stereocenters. The summed E-state index contributed by atoms with van der Waals surface area (Å²) < 4.78 is 7.00. The summed E-state index contributed by atoms with van der Waals surface area (Å²) in [6, 6.07) is 7.97. The predicted molar refractivity (Wildman–Crippen MR) is 88.5 cm³/mol. The van der Waals surface area contributed by atoms with Crippen LogP contribution in [0.1, 0.15) is 28.9 Å². The van der Waals surface area contributed by atoms with E-state index in [1.165, 1.54) is 12.1 Å². The highest BCUT2D eigenvalue weighted by atomic mass is 79.9. The molecule has 0 amide bonds. The van der Waals surface area contributed by atoms with Crippen molar-refractivity contribution in [2.75, 3.05) is 0 Å². The van der Waals surface area contributed by atoms with E-state index in [-0.39, 0.29) is 17.3 Å². The van der Waals surface area contributed by atoms with E-state index in [1.54, 1.807) is 25.1 Å². The van der Waals surface area contributed by atoms with Gasteiger partial charge in [-0.1, -0.05) is 6.92 Å². The van der Waals surface area contributed by atoms with Gasteiger partial charge in [0.05, 0.1) is 20.4 Å². The van der Waals surface area contributed by atoms with Crippen LogP contribution in [0, 0.1) is 5.92 Å². The highest BCUT2D eigenvalue weighted by molar-refractivity contribution is 9.11. The zero-order chi connectivity index (χ0) is 16.0. The Morgan fingerprint density at radius 1 is 1.09 bits per heavy atom. The number of ether oxygens (including phenoxy) is 1. The Hall–Kier alpha value is -1.53. The molecular formula is C16H12Br2O4. The first-order valence-electron chi connectivity index (χ1n) is 6.60. The number of carbonyl (C=O) groups is 1. The van der Waals surface area contributed by atoms with Crippen molar-refractivity contribution in [2.45, 2.75) is 13.0 Å². The maximum Gasteiger partial charge on any atom is 0.173 e. The molecule has 3 rings (SSSR count). The topological polar surface area (TPSA) is 66.8 Å². The number of halogens is 2. The molecule has 0 saturated carbocycles. The van der Waals surface area contributed by atoms with Crippen LogP contribution in [0.15, 0.2) is 39.3 Å². The van der Waals surface area contributed by atoms with Crippen molar-refractivity contribution in [3.8, 4) is 17.2 Å². The van der Waals surface area contributed by atoms with Crippen LogP contribution in [0.3, 0.4) is 0 Å². The Morgan fingerprint density at radius 3 is 2.36 bits per heavy atom. The maximum absolute atomic E-state index is 12.5. The molecule has 0 bridgehead atoms. The fourth-order valence-electron chi connectivity index (χ4n) is 2.54. The van der Waals surface area contributed by atoms with Gasteiger partial charge in [-0.15, -0.1) is 0 Å². The summed E-state index contributed by atoms with van der Waals surface area (Å²) in [5, 5.41) is 19.3. The van der Waals surface area contributed by atoms with Gasteiger partial charge in [0.15, 0.2) is 5.78 Å². The zero-order valence-electron chi connectivity index (χ0n) is 11.5. The van der Waals surface area contributed by atoms with Crippen LogP contribution in [0.25, 0.3) is 0 Å². The summed E-state index contributed by atoms with van der Waals surface area (Å²) in [5.74, 6) is 0.103. The Labute approximate surface area is 144 Å². The van der Waals surface area contributed by atoms with Crippen molar-refractivity contribution >= 4 is 37.6 Å². The first-order valence-corrected chi connectivity index (χ1v) is 8.19. The molecule has 2 aromatic rings. The molecule has 2 aromatic carbocycles. The van der Waals surface area contributed by atoms with Crippen molar-refractivity contribution in [1.29, 1.82) is 0 Å². The number of aromatic hydroxyl groups is 2. The third kappa shape index (κ3) is 2.50. The molecule has 0 spiro atoms. The normalized spacial score (nSPS) is 20.4. The van der Waals surface area contributed by atoms with Gasteiger partial charge in [-0.3, -0.25) is 4.79 Å². The third-order valence-electron chi connectivity index (χ3n) is 3.72.